The van der Waals surface area contributed by atoms with Crippen LogP contribution in [0.1, 0.15) is 23.7 Å². The smallest absolute Gasteiger partial charge is 0.255 e. The molecule has 2 N–H and O–H groups in total. The fourth-order valence-electron chi connectivity index (χ4n) is 2.05. The predicted octanol–water partition coefficient (Wildman–Crippen LogP) is 2.07. The number of halogens is 1. The van der Waals surface area contributed by atoms with Crippen molar-refractivity contribution in [1.82, 2.24) is 5.32 Å². The number of thioether (sulfide) groups is 1. The van der Waals surface area contributed by atoms with Crippen molar-refractivity contribution in [3.8, 4) is 5.75 Å². The van der Waals surface area contributed by atoms with Gasteiger partial charge in [0.25, 0.3) is 5.91 Å². The Morgan fingerprint density at radius 3 is 2.68 bits per heavy atom. The van der Waals surface area contributed by atoms with Gasteiger partial charge in [-0.1, -0.05) is 23.4 Å². The molecule has 0 bridgehead atoms. The lowest BCUT2D eigenvalue weighted by atomic mass is 10.1. The number of benzene rings is 1. The number of carbonyl (C=O) groups excluding carboxylic acids is 3. The zero-order valence-corrected chi connectivity index (χ0v) is 13.6. The van der Waals surface area contributed by atoms with E-state index < -0.39 is 11.9 Å². The molecule has 1 aliphatic rings. The topological polar surface area (TPSA) is 84.5 Å². The van der Waals surface area contributed by atoms with Crippen LogP contribution in [-0.4, -0.2) is 35.8 Å². The fourth-order valence-corrected chi connectivity index (χ4v) is 3.19. The molecular formula is C14H15ClN2O4S. The molecule has 0 spiro atoms. The monoisotopic (exact) mass is 342 g/mol. The van der Waals surface area contributed by atoms with E-state index in [0.29, 0.717) is 17.9 Å². The van der Waals surface area contributed by atoms with Crippen LogP contribution in [0.2, 0.25) is 5.02 Å². The second-order valence-corrected chi connectivity index (χ2v) is 6.20. The summed E-state index contributed by atoms with van der Waals surface area (Å²) in [5.41, 5.74) is 0.571. The SMILES string of the molecule is COc1cc(NC(C)=O)c(Cl)cc1C(=O)NC1CCSC1=O. The van der Waals surface area contributed by atoms with E-state index in [1.54, 1.807) is 0 Å². The third-order valence-corrected chi connectivity index (χ3v) is 4.41. The van der Waals surface area contributed by atoms with Gasteiger partial charge >= 0.3 is 0 Å². The van der Waals surface area contributed by atoms with Gasteiger partial charge in [0.1, 0.15) is 5.75 Å². The van der Waals surface area contributed by atoms with Gasteiger partial charge in [-0.2, -0.15) is 0 Å². The highest BCUT2D eigenvalue weighted by Gasteiger charge is 2.28. The van der Waals surface area contributed by atoms with Crippen LogP contribution in [-0.2, 0) is 9.59 Å². The number of amides is 2. The molecular weight excluding hydrogens is 328 g/mol. The Morgan fingerprint density at radius 1 is 1.41 bits per heavy atom. The Kier molecular flexibility index (Phi) is 5.31. The quantitative estimate of drug-likeness (QED) is 0.875. The summed E-state index contributed by atoms with van der Waals surface area (Å²) in [6.07, 6.45) is 0.606. The normalized spacial score (nSPS) is 17.2. The van der Waals surface area contributed by atoms with Gasteiger partial charge in [-0.05, 0) is 12.5 Å². The Bertz CT molecular complexity index is 636. The number of rotatable bonds is 4. The summed E-state index contributed by atoms with van der Waals surface area (Å²) >= 11 is 7.28. The van der Waals surface area contributed by atoms with Crippen molar-refractivity contribution in [1.29, 1.82) is 0 Å². The maximum absolute atomic E-state index is 12.3. The van der Waals surface area contributed by atoms with Crippen molar-refractivity contribution in [2.24, 2.45) is 0 Å². The van der Waals surface area contributed by atoms with Crippen molar-refractivity contribution in [3.05, 3.63) is 22.7 Å². The van der Waals surface area contributed by atoms with Gasteiger partial charge in [0.05, 0.1) is 29.4 Å². The minimum absolute atomic E-state index is 0.0479. The lowest BCUT2D eigenvalue weighted by Gasteiger charge is -2.15. The molecule has 0 radical (unpaired) electrons. The molecule has 1 aliphatic heterocycles. The van der Waals surface area contributed by atoms with E-state index in [1.807, 2.05) is 0 Å². The summed E-state index contributed by atoms with van der Waals surface area (Å²) in [4.78, 5) is 35.0. The molecule has 1 fully saturated rings. The number of nitrogens with one attached hydrogen (secondary N) is 2. The van der Waals surface area contributed by atoms with Crippen LogP contribution in [0.4, 0.5) is 5.69 Å². The lowest BCUT2D eigenvalue weighted by molar-refractivity contribution is -0.114. The van der Waals surface area contributed by atoms with E-state index in [9.17, 15) is 14.4 Å². The van der Waals surface area contributed by atoms with E-state index in [1.165, 1.54) is 37.9 Å². The van der Waals surface area contributed by atoms with E-state index >= 15 is 0 Å². The molecule has 1 heterocycles. The summed E-state index contributed by atoms with van der Waals surface area (Å²) < 4.78 is 5.17. The Morgan fingerprint density at radius 2 is 2.14 bits per heavy atom. The molecule has 1 unspecified atom stereocenters. The number of hydrogen-bond donors (Lipinski definition) is 2. The average Bonchev–Trinajstić information content (AvgIpc) is 2.85. The number of carbonyl (C=O) groups is 3. The first-order valence-electron chi connectivity index (χ1n) is 6.55. The van der Waals surface area contributed by atoms with E-state index in [4.69, 9.17) is 16.3 Å². The largest absolute Gasteiger partial charge is 0.496 e. The molecule has 0 saturated carbocycles. The van der Waals surface area contributed by atoms with Crippen molar-refractivity contribution in [3.63, 3.8) is 0 Å². The highest BCUT2D eigenvalue weighted by molar-refractivity contribution is 8.14. The zero-order chi connectivity index (χ0) is 16.3. The Balaban J connectivity index is 2.25. The van der Waals surface area contributed by atoms with Crippen molar-refractivity contribution in [2.45, 2.75) is 19.4 Å². The van der Waals surface area contributed by atoms with Crippen LogP contribution in [0.15, 0.2) is 12.1 Å². The van der Waals surface area contributed by atoms with Crippen molar-refractivity contribution < 1.29 is 19.1 Å². The maximum atomic E-state index is 12.3. The highest BCUT2D eigenvalue weighted by atomic mass is 35.5. The van der Waals surface area contributed by atoms with E-state index in [2.05, 4.69) is 10.6 Å². The van der Waals surface area contributed by atoms with Crippen LogP contribution >= 0.6 is 23.4 Å². The van der Waals surface area contributed by atoms with Crippen LogP contribution in [0, 0.1) is 0 Å². The van der Waals surface area contributed by atoms with Gasteiger partial charge in [0, 0.05) is 18.7 Å². The fraction of sp³-hybridized carbons (Fsp3) is 0.357. The minimum atomic E-state index is -0.490. The van der Waals surface area contributed by atoms with Crippen molar-refractivity contribution >= 4 is 46.0 Å². The molecule has 0 aromatic heterocycles. The molecule has 1 aromatic carbocycles. The molecule has 118 valence electrons. The summed E-state index contributed by atoms with van der Waals surface area (Å²) in [6, 6.07) is 2.40. The first kappa shape index (κ1) is 16.6. The molecule has 1 saturated heterocycles. The van der Waals surface area contributed by atoms with Gasteiger partial charge < -0.3 is 15.4 Å². The van der Waals surface area contributed by atoms with Crippen molar-refractivity contribution in [2.75, 3.05) is 18.2 Å². The lowest BCUT2D eigenvalue weighted by Crippen LogP contribution is -2.37. The van der Waals surface area contributed by atoms with Gasteiger partial charge in [-0.15, -0.1) is 0 Å². The zero-order valence-electron chi connectivity index (χ0n) is 12.1. The summed E-state index contributed by atoms with van der Waals surface area (Å²) in [7, 11) is 1.41. The van der Waals surface area contributed by atoms with Gasteiger partial charge in [-0.3, -0.25) is 14.4 Å². The molecule has 1 atom stereocenters. The Labute approximate surface area is 136 Å². The Hall–Kier alpha value is -1.73. The van der Waals surface area contributed by atoms with E-state index in [-0.39, 0.29) is 27.4 Å². The minimum Gasteiger partial charge on any atom is -0.496 e. The first-order chi connectivity index (χ1) is 10.4. The first-order valence-corrected chi connectivity index (χ1v) is 7.91. The number of ether oxygens (including phenoxy) is 1. The molecule has 0 aliphatic carbocycles. The molecule has 22 heavy (non-hydrogen) atoms. The summed E-state index contributed by atoms with van der Waals surface area (Å²) in [5, 5.41) is 5.39. The molecule has 2 rings (SSSR count). The standard InChI is InChI=1S/C14H15ClN2O4S/c1-7(18)16-11-6-12(21-2)8(5-9(11)15)13(19)17-10-3-4-22-14(10)20/h5-6,10H,3-4H2,1-2H3,(H,16,18)(H,17,19). The van der Waals surface area contributed by atoms with Crippen LogP contribution < -0.4 is 15.4 Å². The number of anilines is 1. The maximum Gasteiger partial charge on any atom is 0.255 e. The molecule has 8 heteroatoms. The van der Waals surface area contributed by atoms with Crippen LogP contribution in [0.3, 0.4) is 0 Å². The predicted molar refractivity (Wildman–Crippen MR) is 85.6 cm³/mol. The number of hydrogen-bond acceptors (Lipinski definition) is 5. The number of methoxy groups -OCH3 is 1. The van der Waals surface area contributed by atoms with Gasteiger partial charge in [-0.25, -0.2) is 0 Å². The van der Waals surface area contributed by atoms with E-state index in [0.717, 1.165) is 0 Å². The molecule has 2 amide bonds. The van der Waals surface area contributed by atoms with Gasteiger partial charge in [0.15, 0.2) is 0 Å². The van der Waals surface area contributed by atoms with Gasteiger partial charge in [0.2, 0.25) is 11.0 Å². The molecule has 6 nitrogen and oxygen atoms in total. The molecule has 1 aromatic rings. The third-order valence-electron chi connectivity index (χ3n) is 3.09. The second-order valence-electron chi connectivity index (χ2n) is 4.70. The average molecular weight is 343 g/mol. The summed E-state index contributed by atoms with van der Waals surface area (Å²) in [6.45, 7) is 1.35. The summed E-state index contributed by atoms with van der Waals surface area (Å²) in [5.74, 6) is 0.246. The van der Waals surface area contributed by atoms with Crippen LogP contribution in [0.5, 0.6) is 5.75 Å². The highest BCUT2D eigenvalue weighted by Crippen LogP contribution is 2.31. The second kappa shape index (κ2) is 7.02. The van der Waals surface area contributed by atoms with Crippen LogP contribution in [0.25, 0.3) is 0 Å². The third kappa shape index (κ3) is 3.72.